The number of benzene rings is 1. The lowest BCUT2D eigenvalue weighted by Crippen LogP contribution is -2.45. The van der Waals surface area contributed by atoms with Crippen LogP contribution in [0.5, 0.6) is 0 Å². The third kappa shape index (κ3) is 2.86. The van der Waals surface area contributed by atoms with Gasteiger partial charge in [0.1, 0.15) is 5.82 Å². The highest BCUT2D eigenvalue weighted by atomic mass is 19.1. The largest absolute Gasteiger partial charge is 0.292 e. The lowest BCUT2D eigenvalue weighted by atomic mass is 9.97. The van der Waals surface area contributed by atoms with Gasteiger partial charge in [-0.2, -0.15) is 0 Å². The smallest absolute Gasteiger partial charge is 0.229 e. The summed E-state index contributed by atoms with van der Waals surface area (Å²) in [5.74, 6) is -1.94. The van der Waals surface area contributed by atoms with Gasteiger partial charge in [0.15, 0.2) is 5.78 Å². The minimum Gasteiger partial charge on any atom is -0.292 e. The average Bonchev–Trinajstić information content (AvgIpc) is 2.34. The van der Waals surface area contributed by atoms with Gasteiger partial charge < -0.3 is 0 Å². The quantitative estimate of drug-likeness (QED) is 0.617. The van der Waals surface area contributed by atoms with Crippen LogP contribution in [-0.4, -0.2) is 29.0 Å². The molecule has 1 aromatic carbocycles. The fraction of sp³-hybridized carbons (Fsp3) is 0.357. The van der Waals surface area contributed by atoms with Crippen molar-refractivity contribution >= 4 is 17.6 Å². The van der Waals surface area contributed by atoms with Crippen LogP contribution in [0.2, 0.25) is 0 Å². The molecular weight excluding hydrogens is 249 g/mol. The Kier molecular flexibility index (Phi) is 3.74. The normalized spacial score (nSPS) is 16.8. The van der Waals surface area contributed by atoms with Gasteiger partial charge >= 0.3 is 0 Å². The Morgan fingerprint density at radius 1 is 1.26 bits per heavy atom. The van der Waals surface area contributed by atoms with Crippen LogP contribution in [0.25, 0.3) is 0 Å². The van der Waals surface area contributed by atoms with Gasteiger partial charge in [0, 0.05) is 12.8 Å². The van der Waals surface area contributed by atoms with Crippen LogP contribution in [0.3, 0.4) is 0 Å². The van der Waals surface area contributed by atoms with Crippen molar-refractivity contribution in [3.63, 3.8) is 0 Å². The molecular formula is C14H14FNO3. The molecule has 2 amide bonds. The fourth-order valence-corrected chi connectivity index (χ4v) is 2.12. The first-order valence-electron chi connectivity index (χ1n) is 6.10. The summed E-state index contributed by atoms with van der Waals surface area (Å²) >= 11 is 0. The molecule has 1 aromatic rings. The number of imide groups is 1. The lowest BCUT2D eigenvalue weighted by Gasteiger charge is -2.27. The third-order valence-corrected chi connectivity index (χ3v) is 3.12. The molecule has 0 aliphatic carbocycles. The maximum Gasteiger partial charge on any atom is 0.229 e. The molecule has 1 aliphatic heterocycles. The molecule has 0 radical (unpaired) electrons. The van der Waals surface area contributed by atoms with Gasteiger partial charge in [-0.25, -0.2) is 4.39 Å². The molecule has 0 atom stereocenters. The number of ketones is 1. The van der Waals surface area contributed by atoms with Gasteiger partial charge in [0.25, 0.3) is 0 Å². The number of carbonyl (C=O) groups is 3. The number of halogens is 1. The number of Topliss-reactive ketones (excluding diaryl/α,β-unsaturated/α-hetero) is 1. The topological polar surface area (TPSA) is 54.5 Å². The van der Waals surface area contributed by atoms with Crippen molar-refractivity contribution in [3.05, 3.63) is 35.6 Å². The van der Waals surface area contributed by atoms with Gasteiger partial charge in [-0.3, -0.25) is 19.3 Å². The molecule has 0 spiro atoms. The summed E-state index contributed by atoms with van der Waals surface area (Å²) in [4.78, 5) is 36.3. The minimum absolute atomic E-state index is 0.000173. The van der Waals surface area contributed by atoms with Crippen molar-refractivity contribution in [3.8, 4) is 0 Å². The highest BCUT2D eigenvalue weighted by molar-refractivity contribution is 6.05. The van der Waals surface area contributed by atoms with Crippen molar-refractivity contribution in [2.75, 3.05) is 6.54 Å². The van der Waals surface area contributed by atoms with Crippen molar-refractivity contribution in [1.29, 1.82) is 0 Å². The van der Waals surface area contributed by atoms with Crippen LogP contribution in [0, 0.1) is 11.7 Å². The van der Waals surface area contributed by atoms with Crippen LogP contribution in [0.4, 0.5) is 4.39 Å². The van der Waals surface area contributed by atoms with E-state index >= 15 is 0 Å². The summed E-state index contributed by atoms with van der Waals surface area (Å²) in [5, 5.41) is 0. The second kappa shape index (κ2) is 5.30. The first-order chi connectivity index (χ1) is 8.99. The molecule has 1 saturated heterocycles. The van der Waals surface area contributed by atoms with Crippen molar-refractivity contribution in [2.24, 2.45) is 5.92 Å². The molecule has 19 heavy (non-hydrogen) atoms. The van der Waals surface area contributed by atoms with Gasteiger partial charge in [0.05, 0.1) is 12.1 Å². The number of hydrogen-bond donors (Lipinski definition) is 0. The molecule has 0 bridgehead atoms. The zero-order valence-electron chi connectivity index (χ0n) is 10.6. The van der Waals surface area contributed by atoms with Gasteiger partial charge in [-0.1, -0.05) is 19.1 Å². The Balaban J connectivity index is 2.13. The van der Waals surface area contributed by atoms with E-state index in [1.807, 2.05) is 6.92 Å². The molecule has 1 fully saturated rings. The van der Waals surface area contributed by atoms with Crippen LogP contribution < -0.4 is 0 Å². The van der Waals surface area contributed by atoms with E-state index in [1.54, 1.807) is 0 Å². The molecule has 5 heteroatoms. The first-order valence-corrected chi connectivity index (χ1v) is 6.10. The second-order valence-electron chi connectivity index (χ2n) is 4.79. The Bertz CT molecular complexity index is 523. The molecule has 0 saturated carbocycles. The zero-order chi connectivity index (χ0) is 14.0. The summed E-state index contributed by atoms with van der Waals surface area (Å²) in [5.41, 5.74) is -0.0956. The Labute approximate surface area is 110 Å². The molecule has 100 valence electrons. The summed E-state index contributed by atoms with van der Waals surface area (Å²) in [6.07, 6.45) is 0.493. The highest BCUT2D eigenvalue weighted by Crippen LogP contribution is 2.19. The van der Waals surface area contributed by atoms with Crippen LogP contribution in [-0.2, 0) is 9.59 Å². The molecule has 1 aliphatic rings. The SMILES string of the molecule is CC1CC(=O)N(CC(=O)c2ccccc2F)C(=O)C1. The Hall–Kier alpha value is -2.04. The summed E-state index contributed by atoms with van der Waals surface area (Å²) in [6.45, 7) is 1.43. The highest BCUT2D eigenvalue weighted by Gasteiger charge is 2.32. The molecule has 0 unspecified atom stereocenters. The number of rotatable bonds is 3. The summed E-state index contributed by atoms with van der Waals surface area (Å²) < 4.78 is 13.4. The first kappa shape index (κ1) is 13.4. The Morgan fingerprint density at radius 2 is 1.84 bits per heavy atom. The van der Waals surface area contributed by atoms with Crippen LogP contribution >= 0.6 is 0 Å². The van der Waals surface area contributed by atoms with Gasteiger partial charge in [-0.15, -0.1) is 0 Å². The van der Waals surface area contributed by atoms with E-state index in [0.29, 0.717) is 0 Å². The standard InChI is InChI=1S/C14H14FNO3/c1-9-6-13(18)16(14(19)7-9)8-12(17)10-4-2-3-5-11(10)15/h2-5,9H,6-8H2,1H3. The Morgan fingerprint density at radius 3 is 2.42 bits per heavy atom. The number of amides is 2. The maximum absolute atomic E-state index is 13.4. The minimum atomic E-state index is -0.641. The third-order valence-electron chi connectivity index (χ3n) is 3.12. The van der Waals surface area contributed by atoms with E-state index in [1.165, 1.54) is 24.3 Å². The molecule has 0 aromatic heterocycles. The van der Waals surface area contributed by atoms with Crippen molar-refractivity contribution in [1.82, 2.24) is 4.90 Å². The summed E-state index contributed by atoms with van der Waals surface area (Å²) in [7, 11) is 0. The number of piperidine rings is 1. The van der Waals surface area contributed by atoms with Crippen molar-refractivity contribution < 1.29 is 18.8 Å². The van der Waals surface area contributed by atoms with Gasteiger partial charge in [0.2, 0.25) is 11.8 Å². The van der Waals surface area contributed by atoms with E-state index in [9.17, 15) is 18.8 Å². The lowest BCUT2D eigenvalue weighted by molar-refractivity contribution is -0.149. The molecule has 0 N–H and O–H groups in total. The van der Waals surface area contributed by atoms with Crippen molar-refractivity contribution in [2.45, 2.75) is 19.8 Å². The monoisotopic (exact) mass is 263 g/mol. The number of hydrogen-bond acceptors (Lipinski definition) is 3. The number of likely N-dealkylation sites (tertiary alicyclic amines) is 1. The number of carbonyl (C=O) groups excluding carboxylic acids is 3. The van der Waals surface area contributed by atoms with E-state index in [-0.39, 0.29) is 42.7 Å². The van der Waals surface area contributed by atoms with E-state index in [2.05, 4.69) is 0 Å². The van der Waals surface area contributed by atoms with Crippen LogP contribution in [0.1, 0.15) is 30.1 Å². The van der Waals surface area contributed by atoms with E-state index in [4.69, 9.17) is 0 Å². The van der Waals surface area contributed by atoms with E-state index < -0.39 is 11.6 Å². The number of nitrogens with zero attached hydrogens (tertiary/aromatic N) is 1. The molecule has 4 nitrogen and oxygen atoms in total. The average molecular weight is 263 g/mol. The predicted molar refractivity (Wildman–Crippen MR) is 65.8 cm³/mol. The maximum atomic E-state index is 13.4. The summed E-state index contributed by atoms with van der Waals surface area (Å²) in [6, 6.07) is 5.54. The zero-order valence-corrected chi connectivity index (χ0v) is 10.6. The van der Waals surface area contributed by atoms with E-state index in [0.717, 1.165) is 4.90 Å². The predicted octanol–water partition coefficient (Wildman–Crippen LogP) is 1.79. The molecule has 1 heterocycles. The fourth-order valence-electron chi connectivity index (χ4n) is 2.12. The van der Waals surface area contributed by atoms with Crippen LogP contribution in [0.15, 0.2) is 24.3 Å². The molecule has 2 rings (SSSR count). The second-order valence-corrected chi connectivity index (χ2v) is 4.79. The van der Waals surface area contributed by atoms with Gasteiger partial charge in [-0.05, 0) is 18.1 Å².